The summed E-state index contributed by atoms with van der Waals surface area (Å²) < 4.78 is 8.00. The van der Waals surface area contributed by atoms with E-state index in [1.54, 1.807) is 6.08 Å². The van der Waals surface area contributed by atoms with E-state index in [2.05, 4.69) is 59.6 Å². The van der Waals surface area contributed by atoms with E-state index < -0.39 is 0 Å². The molecule has 0 aliphatic rings. The van der Waals surface area contributed by atoms with Crippen molar-refractivity contribution in [3.63, 3.8) is 0 Å². The van der Waals surface area contributed by atoms with Crippen molar-refractivity contribution >= 4 is 39.9 Å². The summed E-state index contributed by atoms with van der Waals surface area (Å²) in [6.45, 7) is 18.2. The van der Waals surface area contributed by atoms with Gasteiger partial charge in [0.05, 0.1) is 11.2 Å². The Morgan fingerprint density at radius 2 is 1.87 bits per heavy atom. The zero-order valence-electron chi connectivity index (χ0n) is 17.9. The van der Waals surface area contributed by atoms with Crippen LogP contribution in [0.5, 0.6) is 0 Å². The van der Waals surface area contributed by atoms with Crippen LogP contribution in [0.1, 0.15) is 50.2 Å². The molecule has 0 aliphatic heterocycles. The quantitative estimate of drug-likeness (QED) is 0.376. The maximum absolute atomic E-state index is 5.85. The Hall–Kier alpha value is -3.66. The number of benzene rings is 1. The Labute approximate surface area is 177 Å². The number of rotatable bonds is 8. The van der Waals surface area contributed by atoms with Crippen LogP contribution < -0.4 is 0 Å². The molecule has 2 aromatic heterocycles. The average Bonchev–Trinajstić information content (AvgIpc) is 3.36. The molecule has 1 aromatic carbocycles. The fraction of sp³-hybridized carbons (Fsp3) is 0.154. The molecule has 0 fully saturated rings. The lowest BCUT2D eigenvalue weighted by Gasteiger charge is -2.11. The van der Waals surface area contributed by atoms with Gasteiger partial charge in [0.25, 0.3) is 0 Å². The average molecular weight is 398 g/mol. The van der Waals surface area contributed by atoms with Crippen molar-refractivity contribution in [2.45, 2.75) is 27.2 Å². The molecule has 0 unspecified atom stereocenters. The van der Waals surface area contributed by atoms with Crippen LogP contribution in [0.25, 0.3) is 39.9 Å². The minimum atomic E-state index is 0.394. The second kappa shape index (κ2) is 9.23. The van der Waals surface area contributed by atoms with E-state index in [0.717, 1.165) is 39.9 Å². The smallest absolute Gasteiger partial charge is 0.247 e. The van der Waals surface area contributed by atoms with E-state index in [4.69, 9.17) is 4.42 Å². The normalized spacial score (nSPS) is 12.6. The minimum Gasteiger partial charge on any atom is -0.417 e. The SMILES string of the molecule is C=C/C(=C\C(=C)c1nnc(/C(=C/C)CC)o1)n1c(/C=C\C)c(C=C)c2ccccc21. The van der Waals surface area contributed by atoms with Crippen molar-refractivity contribution in [1.29, 1.82) is 0 Å². The monoisotopic (exact) mass is 397 g/mol. The van der Waals surface area contributed by atoms with Crippen LogP contribution in [-0.2, 0) is 0 Å². The van der Waals surface area contributed by atoms with Crippen LogP contribution >= 0.6 is 0 Å². The van der Waals surface area contributed by atoms with Gasteiger partial charge in [0.1, 0.15) is 0 Å². The third-order valence-corrected chi connectivity index (χ3v) is 4.97. The van der Waals surface area contributed by atoms with Gasteiger partial charge in [-0.3, -0.25) is 0 Å². The number of fused-ring (bicyclic) bond motifs is 1. The lowest BCUT2D eigenvalue weighted by Crippen LogP contribution is -1.98. The molecule has 30 heavy (non-hydrogen) atoms. The first-order valence-electron chi connectivity index (χ1n) is 10.0. The Kier molecular flexibility index (Phi) is 6.48. The van der Waals surface area contributed by atoms with Crippen molar-refractivity contribution in [2.75, 3.05) is 0 Å². The molecule has 4 heteroatoms. The molecule has 152 valence electrons. The van der Waals surface area contributed by atoms with E-state index >= 15 is 0 Å². The summed E-state index contributed by atoms with van der Waals surface area (Å²) in [7, 11) is 0. The maximum Gasteiger partial charge on any atom is 0.247 e. The Morgan fingerprint density at radius 3 is 2.50 bits per heavy atom. The summed E-state index contributed by atoms with van der Waals surface area (Å²) in [5.74, 6) is 0.921. The largest absolute Gasteiger partial charge is 0.417 e. The molecule has 0 amide bonds. The molecule has 3 aromatic rings. The molecule has 0 N–H and O–H groups in total. The molecular formula is C26H27N3O. The molecule has 0 atom stereocenters. The second-order valence-electron chi connectivity index (χ2n) is 6.73. The Balaban J connectivity index is 2.15. The van der Waals surface area contributed by atoms with Crippen molar-refractivity contribution in [3.8, 4) is 0 Å². The molecule has 0 bridgehead atoms. The van der Waals surface area contributed by atoms with Gasteiger partial charge in [0.2, 0.25) is 11.8 Å². The van der Waals surface area contributed by atoms with Crippen molar-refractivity contribution in [3.05, 3.63) is 91.3 Å². The summed E-state index contributed by atoms with van der Waals surface area (Å²) in [4.78, 5) is 0. The van der Waals surface area contributed by atoms with E-state index in [1.165, 1.54) is 0 Å². The number of hydrogen-bond donors (Lipinski definition) is 0. The summed E-state index contributed by atoms with van der Waals surface area (Å²) in [6, 6.07) is 8.23. The zero-order chi connectivity index (χ0) is 21.7. The molecule has 0 radical (unpaired) electrons. The fourth-order valence-corrected chi connectivity index (χ4v) is 3.52. The van der Waals surface area contributed by atoms with E-state index in [1.807, 2.05) is 50.3 Å². The van der Waals surface area contributed by atoms with Gasteiger partial charge in [-0.05, 0) is 44.6 Å². The molecule has 4 nitrogen and oxygen atoms in total. The molecule has 0 aliphatic carbocycles. The van der Waals surface area contributed by atoms with Gasteiger partial charge in [-0.15, -0.1) is 10.2 Å². The van der Waals surface area contributed by atoms with Gasteiger partial charge in [-0.1, -0.05) is 63.1 Å². The number of aromatic nitrogens is 3. The second-order valence-corrected chi connectivity index (χ2v) is 6.73. The number of hydrogen-bond acceptors (Lipinski definition) is 3. The highest BCUT2D eigenvalue weighted by Gasteiger charge is 2.16. The highest BCUT2D eigenvalue weighted by Crippen LogP contribution is 2.32. The van der Waals surface area contributed by atoms with Crippen LogP contribution in [0.4, 0.5) is 0 Å². The van der Waals surface area contributed by atoms with E-state index in [0.29, 0.717) is 17.4 Å². The Morgan fingerprint density at radius 1 is 1.13 bits per heavy atom. The predicted molar refractivity (Wildman–Crippen MR) is 128 cm³/mol. The van der Waals surface area contributed by atoms with Gasteiger partial charge in [-0.2, -0.15) is 0 Å². The summed E-state index contributed by atoms with van der Waals surface area (Å²) in [5, 5.41) is 9.47. The topological polar surface area (TPSA) is 43.9 Å². The lowest BCUT2D eigenvalue weighted by molar-refractivity contribution is 0.523. The zero-order valence-corrected chi connectivity index (χ0v) is 17.9. The minimum absolute atomic E-state index is 0.394. The molecule has 0 saturated heterocycles. The molecular weight excluding hydrogens is 370 g/mol. The third-order valence-electron chi connectivity index (χ3n) is 4.97. The van der Waals surface area contributed by atoms with Gasteiger partial charge in [-0.25, -0.2) is 0 Å². The van der Waals surface area contributed by atoms with Crippen LogP contribution in [-0.4, -0.2) is 14.8 Å². The molecule has 0 spiro atoms. The standard InChI is InChI=1S/C26H27N3O/c1-7-14-23-21(11-5)22-15-12-13-16-24(22)29(23)20(10-4)17-18(6)25-27-28-26(30-25)19(8-2)9-3/h7-8,10-17H,4-6,9H2,1-3H3/b14-7-,19-8+,20-17+. The molecule has 0 saturated carbocycles. The summed E-state index contributed by atoms with van der Waals surface area (Å²) in [5.41, 5.74) is 5.66. The van der Waals surface area contributed by atoms with Gasteiger partial charge >= 0.3 is 0 Å². The highest BCUT2D eigenvalue weighted by molar-refractivity contribution is 5.97. The molecule has 2 heterocycles. The van der Waals surface area contributed by atoms with Crippen LogP contribution in [0, 0.1) is 0 Å². The predicted octanol–water partition coefficient (Wildman–Crippen LogP) is 7.25. The van der Waals surface area contributed by atoms with Crippen molar-refractivity contribution in [1.82, 2.24) is 14.8 Å². The van der Waals surface area contributed by atoms with E-state index in [9.17, 15) is 0 Å². The number of para-hydroxylation sites is 1. The highest BCUT2D eigenvalue weighted by atomic mass is 16.4. The summed E-state index contributed by atoms with van der Waals surface area (Å²) in [6.07, 6.45) is 12.5. The Bertz CT molecular complexity index is 1200. The fourth-order valence-electron chi connectivity index (χ4n) is 3.52. The van der Waals surface area contributed by atoms with Gasteiger partial charge in [0.15, 0.2) is 0 Å². The first-order chi connectivity index (χ1) is 14.6. The van der Waals surface area contributed by atoms with Crippen LogP contribution in [0.15, 0.2) is 72.7 Å². The maximum atomic E-state index is 5.85. The van der Waals surface area contributed by atoms with Crippen LogP contribution in [0.2, 0.25) is 0 Å². The summed E-state index contributed by atoms with van der Waals surface area (Å²) >= 11 is 0. The van der Waals surface area contributed by atoms with E-state index in [-0.39, 0.29) is 0 Å². The van der Waals surface area contributed by atoms with Crippen molar-refractivity contribution < 1.29 is 4.42 Å². The first kappa shape index (κ1) is 21.1. The third kappa shape index (κ3) is 3.77. The van der Waals surface area contributed by atoms with Crippen LogP contribution in [0.3, 0.4) is 0 Å². The molecule has 3 rings (SSSR count). The van der Waals surface area contributed by atoms with Crippen molar-refractivity contribution in [2.24, 2.45) is 0 Å². The van der Waals surface area contributed by atoms with Gasteiger partial charge < -0.3 is 8.98 Å². The number of allylic oxidation sites excluding steroid dienone is 7. The lowest BCUT2D eigenvalue weighted by atomic mass is 10.1. The van der Waals surface area contributed by atoms with Gasteiger partial charge in [0, 0.05) is 27.8 Å². The number of nitrogens with zero attached hydrogens (tertiary/aromatic N) is 3. The first-order valence-corrected chi connectivity index (χ1v) is 10.0.